The minimum Gasteiger partial charge on any atom is -0.497 e. The van der Waals surface area contributed by atoms with Gasteiger partial charge in [-0.15, -0.1) is 0 Å². The minimum atomic E-state index is -0.199. The Bertz CT molecular complexity index is 656. The third kappa shape index (κ3) is 5.64. The van der Waals surface area contributed by atoms with Gasteiger partial charge in [-0.25, -0.2) is 0 Å². The van der Waals surface area contributed by atoms with Crippen LogP contribution in [-0.2, 0) is 11.3 Å². The molecule has 1 N–H and O–H groups in total. The number of rotatable bonds is 7. The van der Waals surface area contributed by atoms with Gasteiger partial charge in [0.2, 0.25) is 0 Å². The summed E-state index contributed by atoms with van der Waals surface area (Å²) >= 11 is 0. The number of hydrogen-bond acceptors (Lipinski definition) is 4. The van der Waals surface area contributed by atoms with Crippen molar-refractivity contribution >= 4 is 11.6 Å². The average Bonchev–Trinajstić information content (AvgIpc) is 2.53. The maximum Gasteiger partial charge on any atom is 0.262 e. The molecular weight excluding hydrogens is 292 g/mol. The van der Waals surface area contributed by atoms with Crippen LogP contribution in [0.1, 0.15) is 5.56 Å². The average molecular weight is 314 g/mol. The normalized spacial score (nSPS) is 10.4. The Kier molecular flexibility index (Phi) is 6.00. The summed E-state index contributed by atoms with van der Waals surface area (Å²) in [5.41, 5.74) is 1.91. The monoisotopic (exact) mass is 314 g/mol. The van der Waals surface area contributed by atoms with E-state index in [0.29, 0.717) is 11.5 Å². The molecule has 2 aromatic rings. The molecule has 5 heteroatoms. The van der Waals surface area contributed by atoms with Crippen molar-refractivity contribution in [3.8, 4) is 11.5 Å². The molecule has 0 aromatic heterocycles. The molecule has 2 aromatic carbocycles. The van der Waals surface area contributed by atoms with Crippen LogP contribution in [0.2, 0.25) is 0 Å². The molecule has 0 fully saturated rings. The van der Waals surface area contributed by atoms with Crippen molar-refractivity contribution in [2.45, 2.75) is 6.54 Å². The third-order valence-corrected chi connectivity index (χ3v) is 3.12. The molecule has 0 aliphatic carbocycles. The summed E-state index contributed by atoms with van der Waals surface area (Å²) in [4.78, 5) is 14.1. The highest BCUT2D eigenvalue weighted by atomic mass is 16.5. The summed E-state index contributed by atoms with van der Waals surface area (Å²) < 4.78 is 10.6. The van der Waals surface area contributed by atoms with Crippen LogP contribution in [0.3, 0.4) is 0 Å². The van der Waals surface area contributed by atoms with Crippen molar-refractivity contribution in [2.75, 3.05) is 33.1 Å². The maximum absolute atomic E-state index is 12.0. The Hall–Kier alpha value is -2.53. The molecular formula is C18H22N2O3. The molecule has 0 heterocycles. The van der Waals surface area contributed by atoms with Crippen molar-refractivity contribution < 1.29 is 14.3 Å². The van der Waals surface area contributed by atoms with Gasteiger partial charge >= 0.3 is 0 Å². The van der Waals surface area contributed by atoms with Gasteiger partial charge in [-0.05, 0) is 43.9 Å². The Morgan fingerprint density at radius 3 is 2.57 bits per heavy atom. The molecule has 1 amide bonds. The van der Waals surface area contributed by atoms with E-state index in [2.05, 4.69) is 10.2 Å². The molecule has 0 unspecified atom stereocenters. The second kappa shape index (κ2) is 8.19. The van der Waals surface area contributed by atoms with E-state index in [-0.39, 0.29) is 12.5 Å². The van der Waals surface area contributed by atoms with Crippen LogP contribution < -0.4 is 14.8 Å². The van der Waals surface area contributed by atoms with Gasteiger partial charge in [-0.2, -0.15) is 0 Å². The van der Waals surface area contributed by atoms with Crippen LogP contribution in [0.15, 0.2) is 48.5 Å². The van der Waals surface area contributed by atoms with Gasteiger partial charge in [0, 0.05) is 18.3 Å². The highest BCUT2D eigenvalue weighted by molar-refractivity contribution is 5.91. The van der Waals surface area contributed by atoms with E-state index in [0.717, 1.165) is 17.8 Å². The standard InChI is InChI=1S/C18H22N2O3/c1-20(2)12-14-6-4-7-15(10-14)19-18(21)13-23-17-9-5-8-16(11-17)22-3/h4-11H,12-13H2,1-3H3,(H,19,21). The predicted octanol–water partition coefficient (Wildman–Crippen LogP) is 2.77. The van der Waals surface area contributed by atoms with Gasteiger partial charge in [0.05, 0.1) is 7.11 Å². The van der Waals surface area contributed by atoms with Crippen LogP contribution in [0.4, 0.5) is 5.69 Å². The van der Waals surface area contributed by atoms with Crippen LogP contribution in [-0.4, -0.2) is 38.6 Å². The number of methoxy groups -OCH3 is 1. The van der Waals surface area contributed by atoms with E-state index in [9.17, 15) is 4.79 Å². The molecule has 0 bridgehead atoms. The highest BCUT2D eigenvalue weighted by Crippen LogP contribution is 2.19. The molecule has 23 heavy (non-hydrogen) atoms. The zero-order valence-electron chi connectivity index (χ0n) is 13.7. The molecule has 0 saturated carbocycles. The Labute approximate surface area is 136 Å². The summed E-state index contributed by atoms with van der Waals surface area (Å²) in [5, 5.41) is 2.84. The summed E-state index contributed by atoms with van der Waals surface area (Å²) in [6, 6.07) is 14.9. The topological polar surface area (TPSA) is 50.8 Å². The van der Waals surface area contributed by atoms with E-state index in [1.807, 2.05) is 50.5 Å². The zero-order chi connectivity index (χ0) is 16.7. The first-order valence-electron chi connectivity index (χ1n) is 7.37. The number of amides is 1. The van der Waals surface area contributed by atoms with Gasteiger partial charge < -0.3 is 19.7 Å². The number of anilines is 1. The number of carbonyl (C=O) groups is 1. The lowest BCUT2D eigenvalue weighted by molar-refractivity contribution is -0.118. The Balaban J connectivity index is 1.89. The van der Waals surface area contributed by atoms with Gasteiger partial charge in [0.15, 0.2) is 6.61 Å². The summed E-state index contributed by atoms with van der Waals surface area (Å²) in [6.45, 7) is 0.773. The first-order valence-corrected chi connectivity index (χ1v) is 7.37. The quantitative estimate of drug-likeness (QED) is 0.854. The second-order valence-corrected chi connectivity index (χ2v) is 5.45. The maximum atomic E-state index is 12.0. The van der Waals surface area contributed by atoms with E-state index >= 15 is 0 Å². The van der Waals surface area contributed by atoms with Crippen molar-refractivity contribution in [2.24, 2.45) is 0 Å². The van der Waals surface area contributed by atoms with E-state index in [1.165, 1.54) is 0 Å². The third-order valence-electron chi connectivity index (χ3n) is 3.12. The SMILES string of the molecule is COc1cccc(OCC(=O)Nc2cccc(CN(C)C)c2)c1. The van der Waals surface area contributed by atoms with E-state index < -0.39 is 0 Å². The van der Waals surface area contributed by atoms with Gasteiger partial charge in [0.25, 0.3) is 5.91 Å². The molecule has 0 radical (unpaired) electrons. The number of carbonyl (C=O) groups excluding carboxylic acids is 1. The van der Waals surface area contributed by atoms with Crippen LogP contribution in [0.5, 0.6) is 11.5 Å². The van der Waals surface area contributed by atoms with Crippen molar-refractivity contribution in [3.05, 3.63) is 54.1 Å². The Morgan fingerprint density at radius 2 is 1.83 bits per heavy atom. The molecule has 0 atom stereocenters. The van der Waals surface area contributed by atoms with E-state index in [4.69, 9.17) is 9.47 Å². The fraction of sp³-hybridized carbons (Fsp3) is 0.278. The summed E-state index contributed by atoms with van der Waals surface area (Å²) in [6.07, 6.45) is 0. The van der Waals surface area contributed by atoms with Gasteiger partial charge in [-0.3, -0.25) is 4.79 Å². The van der Waals surface area contributed by atoms with E-state index in [1.54, 1.807) is 19.2 Å². The van der Waals surface area contributed by atoms with Gasteiger partial charge in [0.1, 0.15) is 11.5 Å². The first kappa shape index (κ1) is 16.8. The molecule has 0 aliphatic heterocycles. The Morgan fingerprint density at radius 1 is 1.09 bits per heavy atom. The first-order chi connectivity index (χ1) is 11.1. The van der Waals surface area contributed by atoms with Crippen LogP contribution in [0, 0.1) is 0 Å². The fourth-order valence-corrected chi connectivity index (χ4v) is 2.15. The summed E-state index contributed by atoms with van der Waals surface area (Å²) in [7, 11) is 5.60. The molecule has 0 spiro atoms. The number of nitrogens with zero attached hydrogens (tertiary/aromatic N) is 1. The summed E-state index contributed by atoms with van der Waals surface area (Å²) in [5.74, 6) is 1.09. The number of ether oxygens (including phenoxy) is 2. The lowest BCUT2D eigenvalue weighted by atomic mass is 10.2. The zero-order valence-corrected chi connectivity index (χ0v) is 13.7. The molecule has 2 rings (SSSR count). The predicted molar refractivity (Wildman–Crippen MR) is 91.0 cm³/mol. The number of benzene rings is 2. The lowest BCUT2D eigenvalue weighted by Gasteiger charge is -2.12. The van der Waals surface area contributed by atoms with Crippen LogP contribution >= 0.6 is 0 Å². The lowest BCUT2D eigenvalue weighted by Crippen LogP contribution is -2.20. The van der Waals surface area contributed by atoms with Crippen molar-refractivity contribution in [1.82, 2.24) is 4.90 Å². The van der Waals surface area contributed by atoms with Crippen molar-refractivity contribution in [1.29, 1.82) is 0 Å². The van der Waals surface area contributed by atoms with Gasteiger partial charge in [-0.1, -0.05) is 18.2 Å². The molecule has 0 aliphatic rings. The largest absolute Gasteiger partial charge is 0.497 e. The van der Waals surface area contributed by atoms with Crippen molar-refractivity contribution in [3.63, 3.8) is 0 Å². The number of nitrogens with one attached hydrogen (secondary N) is 1. The molecule has 0 saturated heterocycles. The number of hydrogen-bond donors (Lipinski definition) is 1. The molecule has 5 nitrogen and oxygen atoms in total. The second-order valence-electron chi connectivity index (χ2n) is 5.45. The smallest absolute Gasteiger partial charge is 0.262 e. The molecule has 122 valence electrons. The fourth-order valence-electron chi connectivity index (χ4n) is 2.15. The van der Waals surface area contributed by atoms with Crippen LogP contribution in [0.25, 0.3) is 0 Å². The highest BCUT2D eigenvalue weighted by Gasteiger charge is 2.05. The minimum absolute atomic E-state index is 0.0505.